The van der Waals surface area contributed by atoms with Gasteiger partial charge in [-0.15, -0.1) is 0 Å². The molecule has 2 aromatic carbocycles. The van der Waals surface area contributed by atoms with Crippen LogP contribution in [-0.4, -0.2) is 70.8 Å². The van der Waals surface area contributed by atoms with E-state index in [1.807, 2.05) is 19.1 Å². The molecule has 2 N–H and O–H groups in total. The predicted molar refractivity (Wildman–Crippen MR) is 126 cm³/mol. The van der Waals surface area contributed by atoms with E-state index in [-0.39, 0.29) is 6.61 Å². The van der Waals surface area contributed by atoms with E-state index in [0.29, 0.717) is 11.8 Å². The molecule has 2 heterocycles. The Morgan fingerprint density at radius 3 is 2.39 bits per heavy atom. The van der Waals surface area contributed by atoms with E-state index >= 15 is 0 Å². The molecule has 1 atom stereocenters. The Morgan fingerprint density at radius 1 is 1.00 bits per heavy atom. The number of phenols is 1. The third-order valence-electron chi connectivity index (χ3n) is 6.78. The molecule has 2 aromatic rings. The van der Waals surface area contributed by atoms with Crippen LogP contribution in [0.2, 0.25) is 0 Å². The van der Waals surface area contributed by atoms with Gasteiger partial charge in [0, 0.05) is 51.5 Å². The molecule has 2 aliphatic heterocycles. The monoisotopic (exact) mass is 421 g/mol. The van der Waals surface area contributed by atoms with Crippen LogP contribution in [0, 0.1) is 6.92 Å². The van der Waals surface area contributed by atoms with Gasteiger partial charge < -0.3 is 15.1 Å². The number of aryl methyl sites for hydroxylation is 1. The minimum absolute atomic E-state index is 0.248. The summed E-state index contributed by atoms with van der Waals surface area (Å²) >= 11 is 0. The molecule has 4 rings (SSSR count). The number of hydrogen-bond acceptors (Lipinski definition) is 5. The largest absolute Gasteiger partial charge is 0.508 e. The highest BCUT2D eigenvalue weighted by Crippen LogP contribution is 2.38. The lowest BCUT2D eigenvalue weighted by molar-refractivity contribution is 0.108. The number of benzene rings is 2. The second-order valence-electron chi connectivity index (χ2n) is 8.88. The molecule has 0 radical (unpaired) electrons. The number of rotatable bonds is 7. The van der Waals surface area contributed by atoms with Gasteiger partial charge in [-0.2, -0.15) is 0 Å². The maximum absolute atomic E-state index is 9.84. The van der Waals surface area contributed by atoms with Crippen LogP contribution < -0.4 is 0 Å². The molecule has 0 saturated carbocycles. The van der Waals surface area contributed by atoms with E-state index in [0.717, 1.165) is 69.1 Å². The first-order valence-electron chi connectivity index (χ1n) is 11.4. The molecule has 1 unspecified atom stereocenters. The van der Waals surface area contributed by atoms with Crippen LogP contribution in [0.5, 0.6) is 5.75 Å². The summed E-state index contributed by atoms with van der Waals surface area (Å²) in [6.45, 7) is 13.5. The van der Waals surface area contributed by atoms with Crippen molar-refractivity contribution in [1.29, 1.82) is 0 Å². The Bertz CT molecular complexity index is 888. The first kappa shape index (κ1) is 21.9. The molecule has 0 aliphatic carbocycles. The highest BCUT2D eigenvalue weighted by Gasteiger charge is 2.27. The number of aliphatic hydroxyl groups is 1. The van der Waals surface area contributed by atoms with Crippen LogP contribution in [-0.2, 0) is 6.54 Å². The number of hydrogen-bond donors (Lipinski definition) is 2. The lowest BCUT2D eigenvalue weighted by Crippen LogP contribution is -2.46. The van der Waals surface area contributed by atoms with Crippen LogP contribution in [0.15, 0.2) is 49.0 Å². The molecular weight excluding hydrogens is 386 g/mol. The van der Waals surface area contributed by atoms with Crippen LogP contribution in [0.25, 0.3) is 5.70 Å². The van der Waals surface area contributed by atoms with E-state index in [1.165, 1.54) is 17.5 Å². The van der Waals surface area contributed by atoms with Crippen molar-refractivity contribution in [3.05, 3.63) is 71.3 Å². The van der Waals surface area contributed by atoms with Gasteiger partial charge in [0.1, 0.15) is 5.75 Å². The number of piperazine rings is 1. The number of likely N-dealkylation sites (tertiary alicyclic amines) is 1. The maximum atomic E-state index is 9.84. The SMILES string of the molecule is C=C(c1ccc(O)c(C)c1)N1CCCC1c1ccc(CN2CCN(CCO)CC2)cc1. The third-order valence-corrected chi connectivity index (χ3v) is 6.78. The summed E-state index contributed by atoms with van der Waals surface area (Å²) in [6.07, 6.45) is 2.31. The van der Waals surface area contributed by atoms with E-state index in [2.05, 4.69) is 45.5 Å². The minimum Gasteiger partial charge on any atom is -0.508 e. The van der Waals surface area contributed by atoms with Gasteiger partial charge in [-0.1, -0.05) is 30.8 Å². The molecule has 2 aliphatic rings. The molecule has 0 amide bonds. The van der Waals surface area contributed by atoms with Gasteiger partial charge in [-0.3, -0.25) is 9.80 Å². The quantitative estimate of drug-likeness (QED) is 0.715. The Hall–Kier alpha value is -2.34. The van der Waals surface area contributed by atoms with Crippen molar-refractivity contribution in [2.24, 2.45) is 0 Å². The molecule has 0 aromatic heterocycles. The summed E-state index contributed by atoms with van der Waals surface area (Å²) in [4.78, 5) is 7.25. The first-order valence-corrected chi connectivity index (χ1v) is 11.4. The van der Waals surface area contributed by atoms with Crippen molar-refractivity contribution in [3.8, 4) is 5.75 Å². The summed E-state index contributed by atoms with van der Waals surface area (Å²) in [5.41, 5.74) is 5.72. The summed E-state index contributed by atoms with van der Waals surface area (Å²) in [5, 5.41) is 18.9. The van der Waals surface area contributed by atoms with Gasteiger partial charge in [0.15, 0.2) is 0 Å². The number of phenolic OH excluding ortho intramolecular Hbond substituents is 1. The summed E-state index contributed by atoms with van der Waals surface area (Å²) in [7, 11) is 0. The average molecular weight is 422 g/mol. The zero-order chi connectivity index (χ0) is 21.8. The van der Waals surface area contributed by atoms with Gasteiger partial charge in [0.05, 0.1) is 12.6 Å². The molecule has 0 spiro atoms. The molecule has 2 fully saturated rings. The Kier molecular flexibility index (Phi) is 6.96. The molecule has 31 heavy (non-hydrogen) atoms. The zero-order valence-electron chi connectivity index (χ0n) is 18.6. The van der Waals surface area contributed by atoms with E-state index in [4.69, 9.17) is 5.11 Å². The van der Waals surface area contributed by atoms with Crippen molar-refractivity contribution in [2.75, 3.05) is 45.9 Å². The van der Waals surface area contributed by atoms with Crippen LogP contribution in [0.1, 0.15) is 41.1 Å². The van der Waals surface area contributed by atoms with Crippen molar-refractivity contribution < 1.29 is 10.2 Å². The third kappa shape index (κ3) is 5.12. The number of β-amino-alcohol motifs (C(OH)–C–C–N with tert-alkyl or cyclic N) is 1. The first-order chi connectivity index (χ1) is 15.0. The second-order valence-corrected chi connectivity index (χ2v) is 8.88. The standard InChI is InChI=1S/C26H35N3O2/c1-20-18-24(9-10-26(20)31)21(2)29-11-3-4-25(29)23-7-5-22(6-8-23)19-28-14-12-27(13-15-28)16-17-30/h5-10,18,25,30-31H,2-4,11-17,19H2,1H3. The van der Waals surface area contributed by atoms with E-state index < -0.39 is 0 Å². The lowest BCUT2D eigenvalue weighted by Gasteiger charge is -2.34. The maximum Gasteiger partial charge on any atom is 0.118 e. The highest BCUT2D eigenvalue weighted by molar-refractivity contribution is 5.64. The molecule has 5 heteroatoms. The van der Waals surface area contributed by atoms with E-state index in [9.17, 15) is 5.11 Å². The van der Waals surface area contributed by atoms with Crippen molar-refractivity contribution in [3.63, 3.8) is 0 Å². The Morgan fingerprint density at radius 2 is 1.71 bits per heavy atom. The van der Waals surface area contributed by atoms with E-state index in [1.54, 1.807) is 6.07 Å². The predicted octanol–water partition coefficient (Wildman–Crippen LogP) is 3.62. The molecule has 0 bridgehead atoms. The molecule has 2 saturated heterocycles. The molecular formula is C26H35N3O2. The fourth-order valence-corrected chi connectivity index (χ4v) is 4.85. The minimum atomic E-state index is 0.248. The van der Waals surface area contributed by atoms with Gasteiger partial charge in [0.2, 0.25) is 0 Å². The average Bonchev–Trinajstić information content (AvgIpc) is 3.27. The number of nitrogens with zero attached hydrogens (tertiary/aromatic N) is 3. The fourth-order valence-electron chi connectivity index (χ4n) is 4.85. The van der Waals surface area contributed by atoms with Gasteiger partial charge in [-0.05, 0) is 60.2 Å². The number of aromatic hydroxyl groups is 1. The van der Waals surface area contributed by atoms with Crippen molar-refractivity contribution in [2.45, 2.75) is 32.4 Å². The van der Waals surface area contributed by atoms with Crippen LogP contribution in [0.3, 0.4) is 0 Å². The Labute approximate surface area is 186 Å². The van der Waals surface area contributed by atoms with Crippen molar-refractivity contribution >= 4 is 5.70 Å². The van der Waals surface area contributed by atoms with Gasteiger partial charge in [-0.25, -0.2) is 0 Å². The smallest absolute Gasteiger partial charge is 0.118 e. The zero-order valence-corrected chi connectivity index (χ0v) is 18.6. The normalized spacial score (nSPS) is 20.3. The fraction of sp³-hybridized carbons (Fsp3) is 0.462. The number of aliphatic hydroxyl groups excluding tert-OH is 1. The van der Waals surface area contributed by atoms with Crippen LogP contribution >= 0.6 is 0 Å². The highest BCUT2D eigenvalue weighted by atomic mass is 16.3. The lowest BCUT2D eigenvalue weighted by atomic mass is 10.0. The summed E-state index contributed by atoms with van der Waals surface area (Å²) < 4.78 is 0. The summed E-state index contributed by atoms with van der Waals surface area (Å²) in [6, 6.07) is 15.2. The molecule has 166 valence electrons. The van der Waals surface area contributed by atoms with Crippen molar-refractivity contribution in [1.82, 2.24) is 14.7 Å². The molecule has 5 nitrogen and oxygen atoms in total. The second kappa shape index (κ2) is 9.86. The van der Waals surface area contributed by atoms with Crippen LogP contribution in [0.4, 0.5) is 0 Å². The summed E-state index contributed by atoms with van der Waals surface area (Å²) in [5.74, 6) is 0.333. The van der Waals surface area contributed by atoms with Gasteiger partial charge >= 0.3 is 0 Å². The van der Waals surface area contributed by atoms with Gasteiger partial charge in [0.25, 0.3) is 0 Å². The Balaban J connectivity index is 1.39. The topological polar surface area (TPSA) is 50.2 Å².